The Morgan fingerprint density at radius 1 is 1.23 bits per heavy atom. The number of aryl methyl sites for hydroxylation is 1. The van der Waals surface area contributed by atoms with Gasteiger partial charge in [-0.2, -0.15) is 0 Å². The monoisotopic (exact) mass is 183 g/mol. The van der Waals surface area contributed by atoms with Gasteiger partial charge >= 0.3 is 0 Å². The van der Waals surface area contributed by atoms with Crippen LogP contribution in [0.3, 0.4) is 0 Å². The van der Waals surface area contributed by atoms with Gasteiger partial charge in [0.15, 0.2) is 0 Å². The lowest BCUT2D eigenvalue weighted by atomic mass is 10.1. The zero-order valence-corrected chi connectivity index (χ0v) is 7.87. The van der Waals surface area contributed by atoms with Gasteiger partial charge in [-0.1, -0.05) is 12.8 Å². The maximum Gasteiger partial charge on any atom is 0.103 e. The van der Waals surface area contributed by atoms with E-state index in [1.54, 1.807) is 6.26 Å². The van der Waals surface area contributed by atoms with Crippen molar-refractivity contribution in [2.45, 2.75) is 32.1 Å². The van der Waals surface area contributed by atoms with Crippen LogP contribution >= 0.6 is 0 Å². The smallest absolute Gasteiger partial charge is 0.103 e. The van der Waals surface area contributed by atoms with Crippen LogP contribution in [0.1, 0.15) is 31.4 Å². The quantitative estimate of drug-likeness (QED) is 0.521. The van der Waals surface area contributed by atoms with Gasteiger partial charge in [0, 0.05) is 6.42 Å². The minimum atomic E-state index is 0.667. The molecular formula is C10H17NO2. The molecule has 0 unspecified atom stereocenters. The molecule has 1 heterocycles. The van der Waals surface area contributed by atoms with Crippen molar-refractivity contribution in [3.05, 3.63) is 24.2 Å². The summed E-state index contributed by atoms with van der Waals surface area (Å²) < 4.78 is 5.22. The van der Waals surface area contributed by atoms with Crippen LogP contribution in [0.25, 0.3) is 0 Å². The van der Waals surface area contributed by atoms with Crippen LogP contribution in [0.5, 0.6) is 0 Å². The maximum absolute atomic E-state index is 5.22. The van der Waals surface area contributed by atoms with Gasteiger partial charge in [0.05, 0.1) is 12.9 Å². The average Bonchev–Trinajstić information content (AvgIpc) is 2.63. The summed E-state index contributed by atoms with van der Waals surface area (Å²) in [6, 6.07) is 3.95. The molecule has 0 bridgehead atoms. The third-order valence-electron chi connectivity index (χ3n) is 2.02. The highest BCUT2D eigenvalue weighted by molar-refractivity contribution is 4.97. The highest BCUT2D eigenvalue weighted by atomic mass is 16.6. The van der Waals surface area contributed by atoms with E-state index in [4.69, 9.17) is 10.3 Å². The largest absolute Gasteiger partial charge is 0.469 e. The summed E-state index contributed by atoms with van der Waals surface area (Å²) in [5.41, 5.74) is 0. The minimum Gasteiger partial charge on any atom is -0.469 e. The molecule has 0 aliphatic rings. The molecule has 3 heteroatoms. The van der Waals surface area contributed by atoms with Gasteiger partial charge in [-0.05, 0) is 25.0 Å². The van der Waals surface area contributed by atoms with E-state index in [-0.39, 0.29) is 0 Å². The summed E-state index contributed by atoms with van der Waals surface area (Å²) in [4.78, 5) is 4.48. The fourth-order valence-electron chi connectivity index (χ4n) is 1.29. The van der Waals surface area contributed by atoms with E-state index in [0.29, 0.717) is 6.61 Å². The molecule has 1 aromatic rings. The number of hydrogen-bond donors (Lipinski definition) is 1. The van der Waals surface area contributed by atoms with Gasteiger partial charge in [-0.25, -0.2) is 5.90 Å². The summed E-state index contributed by atoms with van der Waals surface area (Å²) in [5.74, 6) is 5.98. The van der Waals surface area contributed by atoms with Gasteiger partial charge in [0.2, 0.25) is 0 Å². The van der Waals surface area contributed by atoms with Crippen LogP contribution in [0.2, 0.25) is 0 Å². The van der Waals surface area contributed by atoms with Crippen LogP contribution in [-0.4, -0.2) is 6.61 Å². The van der Waals surface area contributed by atoms with Crippen molar-refractivity contribution in [1.82, 2.24) is 0 Å². The SMILES string of the molecule is NOCCCCCCc1ccco1. The predicted octanol–water partition coefficient (Wildman–Crippen LogP) is 2.27. The topological polar surface area (TPSA) is 48.4 Å². The van der Waals surface area contributed by atoms with Crippen molar-refractivity contribution in [2.75, 3.05) is 6.61 Å². The summed E-state index contributed by atoms with van der Waals surface area (Å²) in [6.45, 7) is 0.667. The Labute approximate surface area is 78.8 Å². The lowest BCUT2D eigenvalue weighted by Crippen LogP contribution is -2.00. The second-order valence-electron chi connectivity index (χ2n) is 3.11. The van der Waals surface area contributed by atoms with E-state index in [1.165, 1.54) is 19.3 Å². The van der Waals surface area contributed by atoms with Gasteiger partial charge < -0.3 is 9.25 Å². The Morgan fingerprint density at radius 2 is 2.08 bits per heavy atom. The molecule has 74 valence electrons. The first-order chi connectivity index (χ1) is 6.43. The van der Waals surface area contributed by atoms with Gasteiger partial charge in [-0.15, -0.1) is 0 Å². The zero-order chi connectivity index (χ0) is 9.36. The van der Waals surface area contributed by atoms with E-state index < -0.39 is 0 Å². The Hall–Kier alpha value is -0.800. The lowest BCUT2D eigenvalue weighted by Gasteiger charge is -1.98. The fourth-order valence-corrected chi connectivity index (χ4v) is 1.29. The molecule has 0 fully saturated rings. The number of furan rings is 1. The Morgan fingerprint density at radius 3 is 2.77 bits per heavy atom. The first-order valence-electron chi connectivity index (χ1n) is 4.77. The molecule has 0 saturated heterocycles. The predicted molar refractivity (Wildman–Crippen MR) is 51.0 cm³/mol. The molecule has 13 heavy (non-hydrogen) atoms. The first kappa shape index (κ1) is 10.3. The molecule has 0 atom stereocenters. The average molecular weight is 183 g/mol. The van der Waals surface area contributed by atoms with E-state index in [9.17, 15) is 0 Å². The Bertz CT molecular complexity index is 197. The molecule has 1 aromatic heterocycles. The molecule has 0 amide bonds. The molecule has 0 aromatic carbocycles. The minimum absolute atomic E-state index is 0.667. The second kappa shape index (κ2) is 6.69. The Kier molecular flexibility index (Phi) is 5.29. The van der Waals surface area contributed by atoms with Crippen LogP contribution in [0.4, 0.5) is 0 Å². The van der Waals surface area contributed by atoms with Crippen molar-refractivity contribution >= 4 is 0 Å². The zero-order valence-electron chi connectivity index (χ0n) is 7.87. The lowest BCUT2D eigenvalue weighted by molar-refractivity contribution is 0.133. The van der Waals surface area contributed by atoms with Crippen molar-refractivity contribution < 1.29 is 9.25 Å². The van der Waals surface area contributed by atoms with Gasteiger partial charge in [0.1, 0.15) is 5.76 Å². The summed E-state index contributed by atoms with van der Waals surface area (Å²) in [6.07, 6.45) is 7.38. The molecule has 0 spiro atoms. The molecule has 3 nitrogen and oxygen atoms in total. The van der Waals surface area contributed by atoms with Crippen molar-refractivity contribution in [3.8, 4) is 0 Å². The van der Waals surface area contributed by atoms with E-state index in [2.05, 4.69) is 4.84 Å². The molecule has 1 rings (SSSR count). The third kappa shape index (κ3) is 4.70. The van der Waals surface area contributed by atoms with E-state index in [0.717, 1.165) is 18.6 Å². The van der Waals surface area contributed by atoms with Gasteiger partial charge in [0.25, 0.3) is 0 Å². The third-order valence-corrected chi connectivity index (χ3v) is 2.02. The summed E-state index contributed by atoms with van der Waals surface area (Å²) >= 11 is 0. The molecule has 0 saturated carbocycles. The van der Waals surface area contributed by atoms with E-state index in [1.807, 2.05) is 12.1 Å². The molecule has 0 aliphatic carbocycles. The molecular weight excluding hydrogens is 166 g/mol. The number of nitrogens with two attached hydrogens (primary N) is 1. The first-order valence-corrected chi connectivity index (χ1v) is 4.77. The number of unbranched alkanes of at least 4 members (excludes halogenated alkanes) is 3. The van der Waals surface area contributed by atoms with Crippen LogP contribution in [0.15, 0.2) is 22.8 Å². The second-order valence-corrected chi connectivity index (χ2v) is 3.11. The normalized spacial score (nSPS) is 10.5. The number of rotatable bonds is 7. The standard InChI is InChI=1S/C10H17NO2/c11-13-9-4-2-1-3-6-10-7-5-8-12-10/h5,7-8H,1-4,6,9,11H2. The highest BCUT2D eigenvalue weighted by Crippen LogP contribution is 2.07. The van der Waals surface area contributed by atoms with Crippen LogP contribution in [-0.2, 0) is 11.3 Å². The van der Waals surface area contributed by atoms with E-state index >= 15 is 0 Å². The van der Waals surface area contributed by atoms with Crippen LogP contribution < -0.4 is 5.90 Å². The van der Waals surface area contributed by atoms with Crippen molar-refractivity contribution in [1.29, 1.82) is 0 Å². The molecule has 2 N–H and O–H groups in total. The van der Waals surface area contributed by atoms with Crippen molar-refractivity contribution in [2.24, 2.45) is 5.90 Å². The number of hydrogen-bond acceptors (Lipinski definition) is 3. The fraction of sp³-hybridized carbons (Fsp3) is 0.600. The van der Waals surface area contributed by atoms with Gasteiger partial charge in [-0.3, -0.25) is 0 Å². The molecule has 0 aliphatic heterocycles. The summed E-state index contributed by atoms with van der Waals surface area (Å²) in [7, 11) is 0. The highest BCUT2D eigenvalue weighted by Gasteiger charge is 1.95. The van der Waals surface area contributed by atoms with Crippen molar-refractivity contribution in [3.63, 3.8) is 0 Å². The molecule has 0 radical (unpaired) electrons. The maximum atomic E-state index is 5.22. The van der Waals surface area contributed by atoms with Crippen LogP contribution in [0, 0.1) is 0 Å². The summed E-state index contributed by atoms with van der Waals surface area (Å²) in [5, 5.41) is 0. The Balaban J connectivity index is 1.90.